The van der Waals surface area contributed by atoms with Crippen molar-refractivity contribution in [3.8, 4) is 5.75 Å². The number of rotatable bonds is 8. The minimum atomic E-state index is -0.296. The molecule has 1 N–H and O–H groups in total. The van der Waals surface area contributed by atoms with E-state index in [1.54, 1.807) is 24.3 Å². The molecule has 126 valence electrons. The first-order valence-electron chi connectivity index (χ1n) is 7.98. The van der Waals surface area contributed by atoms with Gasteiger partial charge in [0.1, 0.15) is 5.75 Å². The van der Waals surface area contributed by atoms with E-state index < -0.39 is 0 Å². The molecule has 2 aromatic carbocycles. The van der Waals surface area contributed by atoms with Gasteiger partial charge in [0.2, 0.25) is 0 Å². The summed E-state index contributed by atoms with van der Waals surface area (Å²) in [4.78, 5) is 11.9. The van der Waals surface area contributed by atoms with Crippen LogP contribution in [-0.4, -0.2) is 18.2 Å². The number of unbranched alkanes of at least 4 members (excludes halogenated alkanes) is 1. The first-order valence-corrected chi connectivity index (χ1v) is 8.36. The van der Waals surface area contributed by atoms with Crippen LogP contribution in [-0.2, 0) is 4.79 Å². The summed E-state index contributed by atoms with van der Waals surface area (Å²) in [6, 6.07) is 16.7. The summed E-state index contributed by atoms with van der Waals surface area (Å²) >= 11 is 5.81. The number of nitrogens with zero attached hydrogens (tertiary/aromatic N) is 1. The molecular formula is C19H21ClN2O2. The number of nitrogens with one attached hydrogen (secondary N) is 1. The number of amides is 1. The molecule has 5 heteroatoms. The first-order chi connectivity index (χ1) is 11.7. The Morgan fingerprint density at radius 1 is 1.12 bits per heavy atom. The summed E-state index contributed by atoms with van der Waals surface area (Å²) in [6.07, 6.45) is 2.91. The monoisotopic (exact) mass is 344 g/mol. The summed E-state index contributed by atoms with van der Waals surface area (Å²) in [5.41, 5.74) is 4.46. The zero-order valence-corrected chi connectivity index (χ0v) is 14.4. The summed E-state index contributed by atoms with van der Waals surface area (Å²) in [5, 5.41) is 4.90. The van der Waals surface area contributed by atoms with Crippen molar-refractivity contribution < 1.29 is 9.53 Å². The van der Waals surface area contributed by atoms with Crippen molar-refractivity contribution in [1.82, 2.24) is 5.43 Å². The maximum atomic E-state index is 11.9. The van der Waals surface area contributed by atoms with E-state index in [-0.39, 0.29) is 12.5 Å². The topological polar surface area (TPSA) is 50.7 Å². The molecule has 0 saturated carbocycles. The molecule has 0 atom stereocenters. The lowest BCUT2D eigenvalue weighted by Gasteiger charge is -2.08. The molecule has 0 aliphatic rings. The quantitative estimate of drug-likeness (QED) is 0.569. The van der Waals surface area contributed by atoms with Crippen LogP contribution >= 0.6 is 11.6 Å². The highest BCUT2D eigenvalue weighted by Gasteiger charge is 2.06. The predicted molar refractivity (Wildman–Crippen MR) is 97.6 cm³/mol. The highest BCUT2D eigenvalue weighted by molar-refractivity contribution is 6.30. The van der Waals surface area contributed by atoms with Crippen LogP contribution in [0.3, 0.4) is 0 Å². The largest absolute Gasteiger partial charge is 0.484 e. The van der Waals surface area contributed by atoms with E-state index in [1.807, 2.05) is 30.3 Å². The summed E-state index contributed by atoms with van der Waals surface area (Å²) in [5.74, 6) is 0.294. The van der Waals surface area contributed by atoms with Crippen LogP contribution in [0, 0.1) is 0 Å². The summed E-state index contributed by atoms with van der Waals surface area (Å²) in [7, 11) is 0. The van der Waals surface area contributed by atoms with Gasteiger partial charge in [0.25, 0.3) is 5.91 Å². The third-order valence-corrected chi connectivity index (χ3v) is 3.63. The number of benzene rings is 2. The highest BCUT2D eigenvalue weighted by atomic mass is 35.5. The maximum absolute atomic E-state index is 11.9. The molecule has 0 heterocycles. The van der Waals surface area contributed by atoms with Crippen molar-refractivity contribution in [2.75, 3.05) is 6.61 Å². The van der Waals surface area contributed by atoms with Crippen molar-refractivity contribution in [3.63, 3.8) is 0 Å². The van der Waals surface area contributed by atoms with Crippen LogP contribution in [0.1, 0.15) is 31.7 Å². The van der Waals surface area contributed by atoms with Crippen molar-refractivity contribution in [2.45, 2.75) is 26.2 Å². The Morgan fingerprint density at radius 3 is 2.50 bits per heavy atom. The summed E-state index contributed by atoms with van der Waals surface area (Å²) in [6.45, 7) is 2.03. The zero-order chi connectivity index (χ0) is 17.2. The Kier molecular flexibility index (Phi) is 7.30. The molecule has 4 nitrogen and oxygen atoms in total. The molecule has 0 saturated heterocycles. The van der Waals surface area contributed by atoms with Gasteiger partial charge in [-0.1, -0.05) is 55.3 Å². The van der Waals surface area contributed by atoms with Crippen LogP contribution < -0.4 is 10.2 Å². The number of hydrogen-bond donors (Lipinski definition) is 1. The van der Waals surface area contributed by atoms with Crippen LogP contribution in [0.25, 0.3) is 0 Å². The van der Waals surface area contributed by atoms with Gasteiger partial charge in [-0.15, -0.1) is 0 Å². The molecule has 2 aromatic rings. The Morgan fingerprint density at radius 2 is 1.83 bits per heavy atom. The van der Waals surface area contributed by atoms with E-state index in [9.17, 15) is 4.79 Å². The van der Waals surface area contributed by atoms with Gasteiger partial charge in [-0.3, -0.25) is 4.79 Å². The molecule has 0 fully saturated rings. The second-order valence-electron chi connectivity index (χ2n) is 5.31. The predicted octanol–water partition coefficient (Wildman–Crippen LogP) is 4.43. The van der Waals surface area contributed by atoms with E-state index >= 15 is 0 Å². The van der Waals surface area contributed by atoms with E-state index in [1.165, 1.54) is 0 Å². The van der Waals surface area contributed by atoms with Crippen molar-refractivity contribution in [1.29, 1.82) is 0 Å². The van der Waals surface area contributed by atoms with Crippen LogP contribution in [0.2, 0.25) is 5.02 Å². The Labute approximate surface area is 147 Å². The van der Waals surface area contributed by atoms with Gasteiger partial charge >= 0.3 is 0 Å². The van der Waals surface area contributed by atoms with Gasteiger partial charge in [-0.2, -0.15) is 5.10 Å². The number of carbonyl (C=O) groups excluding carboxylic acids is 1. The highest BCUT2D eigenvalue weighted by Crippen LogP contribution is 2.15. The van der Waals surface area contributed by atoms with E-state index in [0.29, 0.717) is 10.8 Å². The van der Waals surface area contributed by atoms with Crippen molar-refractivity contribution >= 4 is 23.2 Å². The van der Waals surface area contributed by atoms with Gasteiger partial charge in [-0.25, -0.2) is 5.43 Å². The summed E-state index contributed by atoms with van der Waals surface area (Å²) < 4.78 is 5.40. The average Bonchev–Trinajstić information content (AvgIpc) is 2.62. The standard InChI is InChI=1S/C19H21ClN2O2/c1-2-3-9-18(15-7-5-4-6-8-15)21-22-19(23)14-24-17-12-10-16(20)11-13-17/h4-8,10-13H,2-3,9,14H2,1H3,(H,22,23)/b21-18+. The van der Waals surface area contributed by atoms with Crippen LogP contribution in [0.15, 0.2) is 59.7 Å². The molecule has 0 aliphatic carbocycles. The fourth-order valence-electron chi connectivity index (χ4n) is 2.08. The normalized spacial score (nSPS) is 11.2. The maximum Gasteiger partial charge on any atom is 0.277 e. The molecule has 0 bridgehead atoms. The second-order valence-corrected chi connectivity index (χ2v) is 5.74. The van der Waals surface area contributed by atoms with Gasteiger partial charge in [0.15, 0.2) is 6.61 Å². The molecule has 0 spiro atoms. The van der Waals surface area contributed by atoms with Gasteiger partial charge in [-0.05, 0) is 42.7 Å². The Bertz CT molecular complexity index is 670. The lowest BCUT2D eigenvalue weighted by Crippen LogP contribution is -2.26. The number of hydrazone groups is 1. The zero-order valence-electron chi connectivity index (χ0n) is 13.7. The molecule has 1 amide bonds. The number of halogens is 1. The molecular weight excluding hydrogens is 324 g/mol. The van der Waals surface area contributed by atoms with E-state index in [2.05, 4.69) is 17.5 Å². The number of carbonyl (C=O) groups is 1. The number of hydrogen-bond acceptors (Lipinski definition) is 3. The lowest BCUT2D eigenvalue weighted by atomic mass is 10.1. The van der Waals surface area contributed by atoms with Gasteiger partial charge < -0.3 is 4.74 Å². The molecule has 0 aromatic heterocycles. The van der Waals surface area contributed by atoms with Gasteiger partial charge in [0.05, 0.1) is 5.71 Å². The third-order valence-electron chi connectivity index (χ3n) is 3.37. The molecule has 24 heavy (non-hydrogen) atoms. The molecule has 0 aliphatic heterocycles. The van der Waals surface area contributed by atoms with E-state index in [0.717, 1.165) is 30.5 Å². The minimum Gasteiger partial charge on any atom is -0.484 e. The minimum absolute atomic E-state index is 0.0963. The molecule has 0 unspecified atom stereocenters. The second kappa shape index (κ2) is 9.73. The van der Waals surface area contributed by atoms with Crippen LogP contribution in [0.4, 0.5) is 0 Å². The lowest BCUT2D eigenvalue weighted by molar-refractivity contribution is -0.123. The molecule has 2 rings (SSSR count). The Hall–Kier alpha value is -2.33. The fourth-order valence-corrected chi connectivity index (χ4v) is 2.21. The van der Waals surface area contributed by atoms with E-state index in [4.69, 9.17) is 16.3 Å². The average molecular weight is 345 g/mol. The SMILES string of the molecule is CCCC/C(=N\NC(=O)COc1ccc(Cl)cc1)c1ccccc1. The smallest absolute Gasteiger partial charge is 0.277 e. The number of ether oxygens (including phenoxy) is 1. The van der Waals surface area contributed by atoms with Gasteiger partial charge in [0, 0.05) is 5.02 Å². The van der Waals surface area contributed by atoms with Crippen molar-refractivity contribution in [2.24, 2.45) is 5.10 Å². The fraction of sp³-hybridized carbons (Fsp3) is 0.263. The third kappa shape index (κ3) is 6.05. The Balaban J connectivity index is 1.92. The van der Waals surface area contributed by atoms with Crippen LogP contribution in [0.5, 0.6) is 5.75 Å². The first kappa shape index (κ1) is 18.0. The molecule has 0 radical (unpaired) electrons. The van der Waals surface area contributed by atoms with Crippen molar-refractivity contribution in [3.05, 3.63) is 65.2 Å².